The van der Waals surface area contributed by atoms with E-state index in [-0.39, 0.29) is 55.5 Å². The second-order valence-corrected chi connectivity index (χ2v) is 10.1. The van der Waals surface area contributed by atoms with Gasteiger partial charge < -0.3 is 39.7 Å². The number of nitrogens with one attached hydrogen (secondary N) is 1. The van der Waals surface area contributed by atoms with Gasteiger partial charge >= 0.3 is 6.18 Å². The largest absolute Gasteiger partial charge is 0.493 e. The second-order valence-electron chi connectivity index (χ2n) is 10.1. The summed E-state index contributed by atoms with van der Waals surface area (Å²) in [7, 11) is 1.41. The van der Waals surface area contributed by atoms with E-state index in [9.17, 15) is 38.1 Å². The van der Waals surface area contributed by atoms with E-state index in [2.05, 4.69) is 5.32 Å². The van der Waals surface area contributed by atoms with Crippen LogP contribution in [0.5, 0.6) is 11.5 Å². The smallest absolute Gasteiger partial charge is 0.416 e. The van der Waals surface area contributed by atoms with E-state index in [0.717, 1.165) is 24.3 Å². The zero-order chi connectivity index (χ0) is 31.3. The molecule has 1 aliphatic carbocycles. The first-order chi connectivity index (χ1) is 20.5. The van der Waals surface area contributed by atoms with Crippen molar-refractivity contribution in [2.45, 2.75) is 50.3 Å². The highest BCUT2D eigenvalue weighted by Crippen LogP contribution is 2.51. The molecule has 4 N–H and O–H groups in total. The molecule has 0 fully saturated rings. The molecule has 10 nitrogen and oxygen atoms in total. The van der Waals surface area contributed by atoms with Gasteiger partial charge in [-0.15, -0.1) is 0 Å². The highest BCUT2D eigenvalue weighted by Gasteiger charge is 2.51. The third-order valence-corrected chi connectivity index (χ3v) is 7.47. The third kappa shape index (κ3) is 6.80. The summed E-state index contributed by atoms with van der Waals surface area (Å²) in [5.74, 6) is -1.49. The number of ether oxygens (including phenoxy) is 3. The Bertz CT molecular complexity index is 1330. The lowest BCUT2D eigenvalue weighted by Crippen LogP contribution is -2.56. The van der Waals surface area contributed by atoms with Crippen molar-refractivity contribution >= 4 is 11.8 Å². The van der Waals surface area contributed by atoms with Gasteiger partial charge in [0.25, 0.3) is 5.91 Å². The number of amides is 2. The van der Waals surface area contributed by atoms with Crippen molar-refractivity contribution < 1.29 is 52.3 Å². The van der Waals surface area contributed by atoms with Gasteiger partial charge in [-0.1, -0.05) is 0 Å². The Balaban J connectivity index is 1.78. The summed E-state index contributed by atoms with van der Waals surface area (Å²) < 4.78 is 56.5. The molecule has 13 heteroatoms. The quantitative estimate of drug-likeness (QED) is 0.270. The zero-order valence-corrected chi connectivity index (χ0v) is 23.8. The Morgan fingerprint density at radius 2 is 1.86 bits per heavy atom. The number of alkyl halides is 3. The lowest BCUT2D eigenvalue weighted by Gasteiger charge is -2.40. The van der Waals surface area contributed by atoms with Gasteiger partial charge in [0.2, 0.25) is 5.91 Å². The summed E-state index contributed by atoms with van der Waals surface area (Å²) in [6, 6.07) is 5.86. The number of carbonyl (C=O) groups excluding carboxylic acids is 2. The van der Waals surface area contributed by atoms with Crippen molar-refractivity contribution in [3.63, 3.8) is 0 Å². The molecule has 43 heavy (non-hydrogen) atoms. The van der Waals surface area contributed by atoms with Gasteiger partial charge in [-0.25, -0.2) is 0 Å². The molecule has 1 heterocycles. The van der Waals surface area contributed by atoms with Gasteiger partial charge in [-0.2, -0.15) is 13.2 Å². The van der Waals surface area contributed by atoms with Gasteiger partial charge in [0.1, 0.15) is 12.2 Å². The maximum absolute atomic E-state index is 13.8. The molecular formula is C30H35F3N2O8. The molecule has 2 aliphatic rings. The van der Waals surface area contributed by atoms with Gasteiger partial charge in [-0.3, -0.25) is 9.59 Å². The highest BCUT2D eigenvalue weighted by atomic mass is 19.4. The maximum Gasteiger partial charge on any atom is 0.416 e. The van der Waals surface area contributed by atoms with Crippen molar-refractivity contribution in [2.75, 3.05) is 40.0 Å². The molecule has 0 saturated heterocycles. The highest BCUT2D eigenvalue weighted by molar-refractivity contribution is 5.97. The van der Waals surface area contributed by atoms with Gasteiger partial charge in [0, 0.05) is 43.0 Å². The summed E-state index contributed by atoms with van der Waals surface area (Å²) in [6.45, 7) is 1.85. The SMILES string of the molecule is CCOCCCN(C(=O)c1ccc(C(F)(F)F)cc1)[C@@H]1C=C(C(=O)NCCO)[C@@H]2c3cc(CO)cc(OC)c3O[C@@H]2[C@H]1O. The Hall–Kier alpha value is -3.65. The number of halogens is 3. The van der Waals surface area contributed by atoms with E-state index < -0.39 is 47.7 Å². The predicted octanol–water partition coefficient (Wildman–Crippen LogP) is 2.40. The van der Waals surface area contributed by atoms with Crippen LogP contribution in [0.2, 0.25) is 0 Å². The number of nitrogens with zero attached hydrogens (tertiary/aromatic N) is 1. The minimum absolute atomic E-state index is 0.0386. The summed E-state index contributed by atoms with van der Waals surface area (Å²) in [6.07, 6.45) is -5.22. The number of methoxy groups -OCH3 is 1. The van der Waals surface area contributed by atoms with Crippen LogP contribution in [0.4, 0.5) is 13.2 Å². The summed E-state index contributed by atoms with van der Waals surface area (Å²) in [5.41, 5.74) is 0.182. The lowest BCUT2D eigenvalue weighted by molar-refractivity contribution is -0.137. The summed E-state index contributed by atoms with van der Waals surface area (Å²) in [5, 5.41) is 33.4. The van der Waals surface area contributed by atoms with Gasteiger partial charge in [0.05, 0.1) is 37.8 Å². The first-order valence-corrected chi connectivity index (χ1v) is 13.9. The number of rotatable bonds is 12. The number of carbonyl (C=O) groups is 2. The Morgan fingerprint density at radius 1 is 1.14 bits per heavy atom. The van der Waals surface area contributed by atoms with Gasteiger partial charge in [-0.05, 0) is 61.4 Å². The molecule has 0 saturated carbocycles. The number of hydrogen-bond acceptors (Lipinski definition) is 8. The molecule has 2 amide bonds. The first kappa shape index (κ1) is 32.3. The van der Waals surface area contributed by atoms with E-state index >= 15 is 0 Å². The molecule has 2 aromatic rings. The number of benzene rings is 2. The summed E-state index contributed by atoms with van der Waals surface area (Å²) >= 11 is 0. The van der Waals surface area contributed by atoms with Crippen molar-refractivity contribution in [1.29, 1.82) is 0 Å². The molecule has 0 aromatic heterocycles. The first-order valence-electron chi connectivity index (χ1n) is 13.9. The molecular weight excluding hydrogens is 573 g/mol. The van der Waals surface area contributed by atoms with E-state index in [1.165, 1.54) is 18.1 Å². The fourth-order valence-electron chi connectivity index (χ4n) is 5.45. The number of aliphatic hydroxyl groups excluding tert-OH is 3. The topological polar surface area (TPSA) is 138 Å². The van der Waals surface area contributed by atoms with Crippen molar-refractivity contribution in [1.82, 2.24) is 10.2 Å². The Morgan fingerprint density at radius 3 is 2.47 bits per heavy atom. The minimum atomic E-state index is -4.58. The normalized spacial score (nSPS) is 20.9. The number of fused-ring (bicyclic) bond motifs is 3. The second kappa shape index (κ2) is 13.8. The lowest BCUT2D eigenvalue weighted by atomic mass is 9.77. The van der Waals surface area contributed by atoms with E-state index in [4.69, 9.17) is 14.2 Å². The Labute approximate surface area is 246 Å². The minimum Gasteiger partial charge on any atom is -0.493 e. The number of aliphatic hydroxyl groups is 3. The van der Waals surface area contributed by atoms with Crippen LogP contribution in [0.25, 0.3) is 0 Å². The number of hydrogen-bond donors (Lipinski definition) is 4. The summed E-state index contributed by atoms with van der Waals surface area (Å²) in [4.78, 5) is 28.5. The molecule has 0 radical (unpaired) electrons. The van der Waals surface area contributed by atoms with Crippen LogP contribution in [-0.4, -0.2) is 90.3 Å². The Kier molecular flexibility index (Phi) is 10.3. The van der Waals surface area contributed by atoms with Crippen molar-refractivity contribution in [3.8, 4) is 11.5 Å². The predicted molar refractivity (Wildman–Crippen MR) is 148 cm³/mol. The van der Waals surface area contributed by atoms with Crippen molar-refractivity contribution in [2.24, 2.45) is 0 Å². The van der Waals surface area contributed by atoms with E-state index in [1.807, 2.05) is 6.92 Å². The van der Waals surface area contributed by atoms with Crippen LogP contribution in [-0.2, 0) is 22.3 Å². The third-order valence-electron chi connectivity index (χ3n) is 7.47. The fourth-order valence-corrected chi connectivity index (χ4v) is 5.45. The van der Waals surface area contributed by atoms with Crippen molar-refractivity contribution in [3.05, 3.63) is 70.3 Å². The van der Waals surface area contributed by atoms with Crippen LogP contribution in [0.3, 0.4) is 0 Å². The molecule has 4 rings (SSSR count). The van der Waals surface area contributed by atoms with E-state index in [0.29, 0.717) is 24.2 Å². The standard InChI is InChI=1S/C30H35F3N2O8/c1-3-42-12-4-10-35(29(40)18-5-7-19(8-6-18)30(31,32)33)22-15-21(28(39)34-9-11-36)24-20-13-17(16-37)14-23(41-2)26(20)43-27(24)25(22)38/h5-8,13-15,22,24-25,27,36-38H,3-4,9-12,16H2,1-2H3,(H,34,39)/t22-,24+,25+,27+/m1/s1. The molecule has 4 atom stereocenters. The molecule has 0 spiro atoms. The molecule has 234 valence electrons. The van der Waals surface area contributed by atoms with E-state index in [1.54, 1.807) is 12.1 Å². The van der Waals surface area contributed by atoms with Crippen LogP contribution >= 0.6 is 0 Å². The monoisotopic (exact) mass is 608 g/mol. The average Bonchev–Trinajstić information content (AvgIpc) is 3.39. The average molecular weight is 609 g/mol. The molecule has 2 aromatic carbocycles. The van der Waals surface area contributed by atoms with Gasteiger partial charge in [0.15, 0.2) is 11.5 Å². The van der Waals surface area contributed by atoms with Crippen LogP contribution in [0.15, 0.2) is 48.0 Å². The van der Waals surface area contributed by atoms with Crippen LogP contribution in [0.1, 0.15) is 46.3 Å². The van der Waals surface area contributed by atoms with Crippen LogP contribution in [0, 0.1) is 0 Å². The molecule has 1 aliphatic heterocycles. The molecule has 0 unspecified atom stereocenters. The fraction of sp³-hybridized carbons (Fsp3) is 0.467. The van der Waals surface area contributed by atoms with Crippen LogP contribution < -0.4 is 14.8 Å². The maximum atomic E-state index is 13.8. The zero-order valence-electron chi connectivity index (χ0n) is 23.8. The molecule has 0 bridgehead atoms.